The van der Waals surface area contributed by atoms with Crippen molar-refractivity contribution < 1.29 is 39.6 Å². The zero-order chi connectivity index (χ0) is 29.0. The molecule has 4 aromatic rings. The molecule has 0 aliphatic heterocycles. The molecule has 0 saturated carbocycles. The minimum absolute atomic E-state index is 0.0880. The summed E-state index contributed by atoms with van der Waals surface area (Å²) in [4.78, 5) is 45.5. The van der Waals surface area contributed by atoms with Crippen molar-refractivity contribution in [3.63, 3.8) is 0 Å². The van der Waals surface area contributed by atoms with Gasteiger partial charge in [-0.3, -0.25) is 0 Å². The van der Waals surface area contributed by atoms with Crippen LogP contribution in [0.25, 0.3) is 0 Å². The molecule has 0 saturated heterocycles. The van der Waals surface area contributed by atoms with Crippen LogP contribution in [-0.4, -0.2) is 44.3 Å². The lowest BCUT2D eigenvalue weighted by Gasteiger charge is -2.14. The molecule has 8 heteroatoms. The van der Waals surface area contributed by atoms with Crippen molar-refractivity contribution in [3.05, 3.63) is 141 Å². The van der Waals surface area contributed by atoms with E-state index < -0.39 is 23.9 Å². The Morgan fingerprint density at radius 3 is 1.07 bits per heavy atom. The summed E-state index contributed by atoms with van der Waals surface area (Å²) in [5, 5.41) is 37.1. The summed E-state index contributed by atoms with van der Waals surface area (Å²) in [6.45, 7) is 2.08. The van der Waals surface area contributed by atoms with Crippen molar-refractivity contribution >= 4 is 23.9 Å². The molecule has 202 valence electrons. The molecule has 0 aliphatic carbocycles. The van der Waals surface area contributed by atoms with E-state index in [0.717, 1.165) is 22.3 Å². The molecule has 8 nitrogen and oxygen atoms in total. The van der Waals surface area contributed by atoms with Gasteiger partial charge in [0.2, 0.25) is 0 Å². The molecule has 0 heterocycles. The van der Waals surface area contributed by atoms with Gasteiger partial charge in [0, 0.05) is 5.92 Å². The van der Waals surface area contributed by atoms with E-state index in [-0.39, 0.29) is 28.2 Å². The first kappa shape index (κ1) is 27.8. The average molecular weight is 539 g/mol. The highest BCUT2D eigenvalue weighted by Gasteiger charge is 2.18. The van der Waals surface area contributed by atoms with Gasteiger partial charge in [0.1, 0.15) is 0 Å². The van der Waals surface area contributed by atoms with Crippen LogP contribution in [0.15, 0.2) is 84.9 Å². The van der Waals surface area contributed by atoms with Crippen molar-refractivity contribution in [2.45, 2.75) is 25.7 Å². The monoisotopic (exact) mass is 538 g/mol. The second kappa shape index (κ2) is 11.7. The molecule has 40 heavy (non-hydrogen) atoms. The van der Waals surface area contributed by atoms with Crippen molar-refractivity contribution in [2.75, 3.05) is 0 Å². The van der Waals surface area contributed by atoms with Crippen LogP contribution in [-0.2, 0) is 12.8 Å². The van der Waals surface area contributed by atoms with Gasteiger partial charge in [-0.1, -0.05) is 67.6 Å². The van der Waals surface area contributed by atoms with Gasteiger partial charge in [0.25, 0.3) is 0 Å². The first-order chi connectivity index (χ1) is 19.0. The third-order valence-electron chi connectivity index (χ3n) is 6.87. The van der Waals surface area contributed by atoms with Gasteiger partial charge in [-0.05, 0) is 70.5 Å². The van der Waals surface area contributed by atoms with Crippen LogP contribution in [0.5, 0.6) is 0 Å². The first-order valence-corrected chi connectivity index (χ1v) is 12.4. The van der Waals surface area contributed by atoms with Crippen LogP contribution in [0, 0.1) is 0 Å². The summed E-state index contributed by atoms with van der Waals surface area (Å²) in [5.41, 5.74) is 4.52. The number of rotatable bonds is 10. The quantitative estimate of drug-likeness (QED) is 0.198. The van der Waals surface area contributed by atoms with Crippen molar-refractivity contribution in [1.82, 2.24) is 0 Å². The van der Waals surface area contributed by atoms with Gasteiger partial charge >= 0.3 is 23.9 Å². The summed E-state index contributed by atoms with van der Waals surface area (Å²) in [6, 6.07) is 24.6. The Kier molecular flexibility index (Phi) is 8.09. The third kappa shape index (κ3) is 6.24. The molecule has 0 fully saturated rings. The highest BCUT2D eigenvalue weighted by molar-refractivity contribution is 6.02. The zero-order valence-electron chi connectivity index (χ0n) is 21.5. The van der Waals surface area contributed by atoms with E-state index in [1.807, 2.05) is 48.5 Å². The van der Waals surface area contributed by atoms with Gasteiger partial charge in [-0.15, -0.1) is 0 Å². The summed E-state index contributed by atoms with van der Waals surface area (Å²) in [6.07, 6.45) is 0.918. The number of carboxylic acids is 4. The summed E-state index contributed by atoms with van der Waals surface area (Å²) in [7, 11) is 0. The Bertz CT molecular complexity index is 1480. The van der Waals surface area contributed by atoms with E-state index in [0.29, 0.717) is 24.0 Å². The van der Waals surface area contributed by atoms with Crippen LogP contribution >= 0.6 is 0 Å². The van der Waals surface area contributed by atoms with E-state index >= 15 is 0 Å². The van der Waals surface area contributed by atoms with Crippen LogP contribution in [0.4, 0.5) is 0 Å². The van der Waals surface area contributed by atoms with E-state index in [4.69, 9.17) is 0 Å². The highest BCUT2D eigenvalue weighted by Crippen LogP contribution is 2.26. The molecule has 4 aromatic carbocycles. The molecule has 4 N–H and O–H groups in total. The predicted octanol–water partition coefficient (Wildman–Crippen LogP) is 5.81. The van der Waals surface area contributed by atoms with Gasteiger partial charge in [0.05, 0.1) is 22.3 Å². The molecule has 0 radical (unpaired) electrons. The average Bonchev–Trinajstić information content (AvgIpc) is 2.93. The van der Waals surface area contributed by atoms with Gasteiger partial charge in [-0.2, -0.15) is 0 Å². The zero-order valence-corrected chi connectivity index (χ0v) is 21.5. The standard InChI is InChI=1S/C32H26O8/c1-18(23-8-2-19(3-9-23)14-21-6-12-25(29(33)34)27(16-21)31(37)38)24-10-4-20(5-11-24)15-22-7-13-26(30(35)36)28(17-22)32(39)40/h2-13,16-18H,14-15H2,1H3,(H,33,34)(H,35,36)(H,37,38)(H,39,40). The lowest BCUT2D eigenvalue weighted by atomic mass is 9.90. The summed E-state index contributed by atoms with van der Waals surface area (Å²) in [5.74, 6) is -5.04. The van der Waals surface area contributed by atoms with Crippen LogP contribution in [0.3, 0.4) is 0 Å². The molecule has 0 bridgehead atoms. The maximum Gasteiger partial charge on any atom is 0.336 e. The first-order valence-electron chi connectivity index (χ1n) is 12.4. The molecule has 4 rings (SSSR count). The van der Waals surface area contributed by atoms with E-state index in [2.05, 4.69) is 6.92 Å². The lowest BCUT2D eigenvalue weighted by Crippen LogP contribution is -2.08. The van der Waals surface area contributed by atoms with Crippen molar-refractivity contribution in [1.29, 1.82) is 0 Å². The molecular formula is C32H26O8. The fraction of sp³-hybridized carbons (Fsp3) is 0.125. The Balaban J connectivity index is 1.45. The van der Waals surface area contributed by atoms with Gasteiger partial charge < -0.3 is 20.4 Å². The fourth-order valence-electron chi connectivity index (χ4n) is 4.64. The lowest BCUT2D eigenvalue weighted by molar-refractivity contribution is 0.0651. The van der Waals surface area contributed by atoms with Crippen LogP contribution < -0.4 is 0 Å². The van der Waals surface area contributed by atoms with Gasteiger partial charge in [0.15, 0.2) is 0 Å². The van der Waals surface area contributed by atoms with Crippen LogP contribution in [0.2, 0.25) is 0 Å². The SMILES string of the molecule is CC(c1ccc(Cc2ccc(C(=O)O)c(C(=O)O)c2)cc1)c1ccc(Cc2ccc(C(=O)O)c(C(=O)O)c2)cc1. The van der Waals surface area contributed by atoms with Gasteiger partial charge in [-0.25, -0.2) is 19.2 Å². The van der Waals surface area contributed by atoms with E-state index in [1.54, 1.807) is 12.1 Å². The normalized spacial score (nSPS) is 10.8. The number of benzene rings is 4. The third-order valence-corrected chi connectivity index (χ3v) is 6.87. The fourth-order valence-corrected chi connectivity index (χ4v) is 4.64. The van der Waals surface area contributed by atoms with E-state index in [1.165, 1.54) is 24.3 Å². The van der Waals surface area contributed by atoms with Crippen molar-refractivity contribution in [2.24, 2.45) is 0 Å². The number of carbonyl (C=O) groups is 4. The second-order valence-electron chi connectivity index (χ2n) is 9.54. The smallest absolute Gasteiger partial charge is 0.336 e. The Morgan fingerprint density at radius 2 is 0.775 bits per heavy atom. The molecule has 0 spiro atoms. The maximum atomic E-state index is 11.5. The largest absolute Gasteiger partial charge is 0.478 e. The minimum atomic E-state index is -1.28. The number of aromatic carboxylic acids is 4. The Morgan fingerprint density at radius 1 is 0.475 bits per heavy atom. The molecule has 0 unspecified atom stereocenters. The number of hydrogen-bond donors (Lipinski definition) is 4. The maximum absolute atomic E-state index is 11.5. The minimum Gasteiger partial charge on any atom is -0.478 e. The molecular weight excluding hydrogens is 512 g/mol. The molecule has 0 aliphatic rings. The summed E-state index contributed by atoms with van der Waals surface area (Å²) < 4.78 is 0. The number of carboxylic acid groups (broad SMARTS) is 4. The number of hydrogen-bond acceptors (Lipinski definition) is 4. The summed E-state index contributed by atoms with van der Waals surface area (Å²) >= 11 is 0. The Hall–Kier alpha value is -5.24. The second-order valence-corrected chi connectivity index (χ2v) is 9.54. The molecule has 0 amide bonds. The highest BCUT2D eigenvalue weighted by atomic mass is 16.4. The predicted molar refractivity (Wildman–Crippen MR) is 147 cm³/mol. The van der Waals surface area contributed by atoms with E-state index in [9.17, 15) is 39.6 Å². The topological polar surface area (TPSA) is 149 Å². The Labute approximate surface area is 229 Å². The van der Waals surface area contributed by atoms with Crippen LogP contribution in [0.1, 0.15) is 87.7 Å². The molecule has 0 atom stereocenters. The molecule has 0 aromatic heterocycles. The van der Waals surface area contributed by atoms with Crippen molar-refractivity contribution in [3.8, 4) is 0 Å².